The first kappa shape index (κ1) is 17.4. The number of rotatable bonds is 6. The molecule has 25 heavy (non-hydrogen) atoms. The van der Waals surface area contributed by atoms with Gasteiger partial charge in [-0.3, -0.25) is 4.79 Å². The average Bonchev–Trinajstić information content (AvgIpc) is 2.68. The number of hydrogen-bond acceptors (Lipinski definition) is 4. The lowest BCUT2D eigenvalue weighted by Gasteiger charge is -2.23. The Morgan fingerprint density at radius 3 is 2.84 bits per heavy atom. The second-order valence-electron chi connectivity index (χ2n) is 6.40. The summed E-state index contributed by atoms with van der Waals surface area (Å²) in [5.41, 5.74) is 2.23. The summed E-state index contributed by atoms with van der Waals surface area (Å²) < 4.78 is 5.55. The van der Waals surface area contributed by atoms with E-state index in [2.05, 4.69) is 27.3 Å². The Morgan fingerprint density at radius 2 is 2.08 bits per heavy atom. The highest BCUT2D eigenvalue weighted by Gasteiger charge is 2.22. The van der Waals surface area contributed by atoms with Gasteiger partial charge in [-0.15, -0.1) is 0 Å². The van der Waals surface area contributed by atoms with Crippen molar-refractivity contribution in [1.82, 2.24) is 10.3 Å². The smallest absolute Gasteiger partial charge is 0.249 e. The number of anilines is 1. The largest absolute Gasteiger partial charge is 0.368 e. The summed E-state index contributed by atoms with van der Waals surface area (Å²) >= 11 is 0. The van der Waals surface area contributed by atoms with Crippen LogP contribution >= 0.6 is 0 Å². The number of carbonyl (C=O) groups is 1. The van der Waals surface area contributed by atoms with Crippen LogP contribution in [-0.4, -0.2) is 30.6 Å². The molecule has 0 radical (unpaired) electrons. The van der Waals surface area contributed by atoms with Crippen LogP contribution in [0.1, 0.15) is 30.4 Å². The van der Waals surface area contributed by atoms with Crippen LogP contribution in [0.25, 0.3) is 0 Å². The number of ether oxygens (including phenoxy) is 1. The molecule has 5 heteroatoms. The highest BCUT2D eigenvalue weighted by atomic mass is 16.5. The van der Waals surface area contributed by atoms with Gasteiger partial charge in [-0.2, -0.15) is 0 Å². The van der Waals surface area contributed by atoms with E-state index in [0.717, 1.165) is 37.2 Å². The summed E-state index contributed by atoms with van der Waals surface area (Å²) in [5.74, 6) is 0.858. The molecule has 5 nitrogen and oxygen atoms in total. The Hall–Kier alpha value is -2.40. The van der Waals surface area contributed by atoms with E-state index in [-0.39, 0.29) is 12.0 Å². The van der Waals surface area contributed by atoms with Gasteiger partial charge < -0.3 is 15.0 Å². The van der Waals surface area contributed by atoms with E-state index in [9.17, 15) is 4.79 Å². The first-order valence-electron chi connectivity index (χ1n) is 8.82. The van der Waals surface area contributed by atoms with E-state index >= 15 is 0 Å². The van der Waals surface area contributed by atoms with Crippen molar-refractivity contribution in [3.63, 3.8) is 0 Å². The standard InChI is InChI=1S/C20H25N3O2/c1-23(15-16-8-3-2-4-9-16)19-17(10-7-12-21-19)14-22-20(24)18-11-5-6-13-25-18/h2-4,7-10,12,18H,5-6,11,13-15H2,1H3,(H,22,24)/t18-/m0/s1. The summed E-state index contributed by atoms with van der Waals surface area (Å²) in [7, 11) is 2.02. The Kier molecular flexibility index (Phi) is 6.01. The molecule has 1 N–H and O–H groups in total. The second kappa shape index (κ2) is 8.62. The fraction of sp³-hybridized carbons (Fsp3) is 0.400. The van der Waals surface area contributed by atoms with Gasteiger partial charge in [-0.1, -0.05) is 36.4 Å². The molecule has 0 spiro atoms. The monoisotopic (exact) mass is 339 g/mol. The normalized spacial score (nSPS) is 17.1. The summed E-state index contributed by atoms with van der Waals surface area (Å²) in [6.07, 6.45) is 4.37. The maximum absolute atomic E-state index is 12.3. The van der Waals surface area contributed by atoms with Crippen molar-refractivity contribution < 1.29 is 9.53 Å². The van der Waals surface area contributed by atoms with E-state index in [1.165, 1.54) is 5.56 Å². The van der Waals surface area contributed by atoms with Gasteiger partial charge in [0.2, 0.25) is 5.91 Å². The number of pyridine rings is 1. The van der Waals surface area contributed by atoms with Gasteiger partial charge in [-0.25, -0.2) is 4.98 Å². The molecule has 1 aromatic heterocycles. The Bertz CT molecular complexity index is 684. The van der Waals surface area contributed by atoms with Crippen molar-refractivity contribution in [3.8, 4) is 0 Å². The van der Waals surface area contributed by atoms with Crippen molar-refractivity contribution >= 4 is 11.7 Å². The van der Waals surface area contributed by atoms with Crippen LogP contribution in [0.15, 0.2) is 48.7 Å². The molecule has 1 aliphatic heterocycles. The van der Waals surface area contributed by atoms with Gasteiger partial charge in [0, 0.05) is 38.5 Å². The summed E-state index contributed by atoms with van der Waals surface area (Å²) in [6, 6.07) is 14.2. The van der Waals surface area contributed by atoms with Crippen molar-refractivity contribution in [2.75, 3.05) is 18.6 Å². The molecule has 1 aliphatic rings. The summed E-state index contributed by atoms with van der Waals surface area (Å²) in [5, 5.41) is 3.00. The SMILES string of the molecule is CN(Cc1ccccc1)c1ncccc1CNC(=O)[C@@H]1CCCCO1. The highest BCUT2D eigenvalue weighted by Crippen LogP contribution is 2.19. The van der Waals surface area contributed by atoms with E-state index in [1.54, 1.807) is 6.20 Å². The first-order valence-corrected chi connectivity index (χ1v) is 8.82. The Morgan fingerprint density at radius 1 is 1.24 bits per heavy atom. The zero-order chi connectivity index (χ0) is 17.5. The van der Waals surface area contributed by atoms with Crippen LogP contribution < -0.4 is 10.2 Å². The molecule has 0 bridgehead atoms. The number of hydrogen-bond donors (Lipinski definition) is 1. The maximum Gasteiger partial charge on any atom is 0.249 e. The predicted molar refractivity (Wildman–Crippen MR) is 98.2 cm³/mol. The van der Waals surface area contributed by atoms with Crippen molar-refractivity contribution in [2.45, 2.75) is 38.5 Å². The lowest BCUT2D eigenvalue weighted by atomic mass is 10.1. The van der Waals surface area contributed by atoms with Crippen LogP contribution in [0.4, 0.5) is 5.82 Å². The molecule has 0 saturated carbocycles. The van der Waals surface area contributed by atoms with Gasteiger partial charge in [-0.05, 0) is 30.9 Å². The third-order valence-electron chi connectivity index (χ3n) is 4.42. The third kappa shape index (κ3) is 4.79. The minimum Gasteiger partial charge on any atom is -0.368 e. The molecular weight excluding hydrogens is 314 g/mol. The van der Waals surface area contributed by atoms with Crippen molar-refractivity contribution in [3.05, 3.63) is 59.8 Å². The van der Waals surface area contributed by atoms with Crippen molar-refractivity contribution in [2.24, 2.45) is 0 Å². The predicted octanol–water partition coefficient (Wildman–Crippen LogP) is 2.90. The van der Waals surface area contributed by atoms with Gasteiger partial charge >= 0.3 is 0 Å². The van der Waals surface area contributed by atoms with E-state index in [4.69, 9.17) is 4.74 Å². The number of nitrogens with one attached hydrogen (secondary N) is 1. The van der Waals surface area contributed by atoms with Crippen LogP contribution in [0.3, 0.4) is 0 Å². The van der Waals surface area contributed by atoms with Crippen LogP contribution in [-0.2, 0) is 22.6 Å². The van der Waals surface area contributed by atoms with Gasteiger partial charge in [0.25, 0.3) is 0 Å². The number of aromatic nitrogens is 1. The molecule has 2 heterocycles. The second-order valence-corrected chi connectivity index (χ2v) is 6.40. The number of nitrogens with zero attached hydrogens (tertiary/aromatic N) is 2. The van der Waals surface area contributed by atoms with E-state index in [0.29, 0.717) is 13.2 Å². The molecule has 0 unspecified atom stereocenters. The number of benzene rings is 1. The summed E-state index contributed by atoms with van der Waals surface area (Å²) in [4.78, 5) is 18.9. The summed E-state index contributed by atoms with van der Waals surface area (Å²) in [6.45, 7) is 1.90. The molecule has 2 aromatic rings. The topological polar surface area (TPSA) is 54.5 Å². The molecule has 1 aromatic carbocycles. The zero-order valence-corrected chi connectivity index (χ0v) is 14.6. The Labute approximate surface area is 149 Å². The Balaban J connectivity index is 1.63. The average molecular weight is 339 g/mol. The highest BCUT2D eigenvalue weighted by molar-refractivity contribution is 5.80. The van der Waals surface area contributed by atoms with Gasteiger partial charge in [0.05, 0.1) is 0 Å². The number of amides is 1. The van der Waals surface area contributed by atoms with E-state index in [1.807, 2.05) is 37.4 Å². The first-order chi connectivity index (χ1) is 12.2. The lowest BCUT2D eigenvalue weighted by molar-refractivity contribution is -0.135. The minimum atomic E-state index is -0.309. The van der Waals surface area contributed by atoms with Gasteiger partial charge in [0.1, 0.15) is 11.9 Å². The molecular formula is C20H25N3O2. The molecule has 1 saturated heterocycles. The molecule has 132 valence electrons. The fourth-order valence-corrected chi connectivity index (χ4v) is 3.09. The van der Waals surface area contributed by atoms with Gasteiger partial charge in [0.15, 0.2) is 0 Å². The molecule has 1 amide bonds. The molecule has 3 rings (SSSR count). The van der Waals surface area contributed by atoms with E-state index < -0.39 is 0 Å². The maximum atomic E-state index is 12.3. The van der Waals surface area contributed by atoms with Crippen LogP contribution in [0.5, 0.6) is 0 Å². The quantitative estimate of drug-likeness (QED) is 0.879. The number of carbonyl (C=O) groups excluding carboxylic acids is 1. The lowest BCUT2D eigenvalue weighted by Crippen LogP contribution is -2.38. The minimum absolute atomic E-state index is 0.0276. The third-order valence-corrected chi connectivity index (χ3v) is 4.42. The zero-order valence-electron chi connectivity index (χ0n) is 14.6. The van der Waals surface area contributed by atoms with Crippen LogP contribution in [0.2, 0.25) is 0 Å². The molecule has 1 atom stereocenters. The van der Waals surface area contributed by atoms with Crippen LogP contribution in [0, 0.1) is 0 Å². The van der Waals surface area contributed by atoms with Crippen molar-refractivity contribution in [1.29, 1.82) is 0 Å². The fourth-order valence-electron chi connectivity index (χ4n) is 3.09. The molecule has 0 aliphatic carbocycles. The molecule has 1 fully saturated rings.